The molecule has 0 aromatic heterocycles. The molecule has 1 heterocycles. The van der Waals surface area contributed by atoms with Crippen LogP contribution in [0.25, 0.3) is 0 Å². The summed E-state index contributed by atoms with van der Waals surface area (Å²) in [5, 5.41) is 3.38. The molecular weight excluding hydrogens is 265 g/mol. The molecular formula is C12H14ClF3N2. The van der Waals surface area contributed by atoms with Crippen LogP contribution in [0.3, 0.4) is 0 Å². The molecule has 1 aliphatic rings. The van der Waals surface area contributed by atoms with Crippen molar-refractivity contribution in [2.24, 2.45) is 0 Å². The second-order valence-electron chi connectivity index (χ2n) is 4.29. The average Bonchev–Trinajstić information content (AvgIpc) is 2.28. The van der Waals surface area contributed by atoms with Gasteiger partial charge >= 0.3 is 6.18 Å². The van der Waals surface area contributed by atoms with E-state index < -0.39 is 12.2 Å². The van der Waals surface area contributed by atoms with Crippen molar-refractivity contribution in [1.29, 1.82) is 0 Å². The lowest BCUT2D eigenvalue weighted by Crippen LogP contribution is -2.49. The van der Waals surface area contributed by atoms with Crippen molar-refractivity contribution in [3.05, 3.63) is 34.9 Å². The highest BCUT2D eigenvalue weighted by Crippen LogP contribution is 2.38. The number of piperazine rings is 1. The molecule has 1 aromatic carbocycles. The van der Waals surface area contributed by atoms with Gasteiger partial charge in [-0.15, -0.1) is 0 Å². The topological polar surface area (TPSA) is 15.3 Å². The van der Waals surface area contributed by atoms with Gasteiger partial charge in [-0.05, 0) is 17.7 Å². The van der Waals surface area contributed by atoms with Gasteiger partial charge in [-0.25, -0.2) is 0 Å². The summed E-state index contributed by atoms with van der Waals surface area (Å²) in [4.78, 5) is 1.45. The van der Waals surface area contributed by atoms with Gasteiger partial charge in [0.25, 0.3) is 0 Å². The van der Waals surface area contributed by atoms with Gasteiger partial charge in [0.2, 0.25) is 0 Å². The fourth-order valence-electron chi connectivity index (χ4n) is 2.22. The van der Waals surface area contributed by atoms with Crippen molar-refractivity contribution in [3.8, 4) is 0 Å². The second kappa shape index (κ2) is 5.47. The van der Waals surface area contributed by atoms with Gasteiger partial charge in [0.15, 0.2) is 0 Å². The van der Waals surface area contributed by atoms with Crippen LogP contribution >= 0.6 is 11.6 Å². The van der Waals surface area contributed by atoms with Crippen LogP contribution in [0.15, 0.2) is 24.3 Å². The minimum atomic E-state index is -4.29. The Bertz CT molecular complexity index is 403. The van der Waals surface area contributed by atoms with Gasteiger partial charge in [0.1, 0.15) is 6.04 Å². The summed E-state index contributed by atoms with van der Waals surface area (Å²) < 4.78 is 39.7. The van der Waals surface area contributed by atoms with E-state index in [1.165, 1.54) is 17.0 Å². The fourth-order valence-corrected chi connectivity index (χ4v) is 2.42. The van der Waals surface area contributed by atoms with Crippen molar-refractivity contribution in [3.63, 3.8) is 0 Å². The molecule has 1 N–H and O–H groups in total. The third kappa shape index (κ3) is 3.16. The maximum absolute atomic E-state index is 13.2. The molecule has 0 spiro atoms. The molecule has 2 rings (SSSR count). The Balaban J connectivity index is 2.30. The smallest absolute Gasteiger partial charge is 0.314 e. The summed E-state index contributed by atoms with van der Waals surface area (Å²) in [7, 11) is 0. The zero-order chi connectivity index (χ0) is 13.2. The lowest BCUT2D eigenvalue weighted by Gasteiger charge is -2.36. The number of hydrogen-bond donors (Lipinski definition) is 1. The highest BCUT2D eigenvalue weighted by Gasteiger charge is 2.44. The van der Waals surface area contributed by atoms with E-state index in [0.29, 0.717) is 31.2 Å². The molecule has 1 atom stereocenters. The molecule has 1 aromatic rings. The lowest BCUT2D eigenvalue weighted by atomic mass is 10.0. The van der Waals surface area contributed by atoms with Gasteiger partial charge in [0, 0.05) is 31.2 Å². The molecule has 0 saturated carbocycles. The minimum Gasteiger partial charge on any atom is -0.314 e. The first-order valence-electron chi connectivity index (χ1n) is 5.75. The minimum absolute atomic E-state index is 0.205. The molecule has 0 unspecified atom stereocenters. The Kier molecular flexibility index (Phi) is 4.14. The van der Waals surface area contributed by atoms with Gasteiger partial charge in [-0.2, -0.15) is 13.2 Å². The van der Waals surface area contributed by atoms with Crippen LogP contribution in [0.2, 0.25) is 5.02 Å². The van der Waals surface area contributed by atoms with E-state index in [1.54, 1.807) is 12.1 Å². The summed E-state index contributed by atoms with van der Waals surface area (Å²) >= 11 is 5.78. The third-order valence-electron chi connectivity index (χ3n) is 2.99. The summed E-state index contributed by atoms with van der Waals surface area (Å²) in [6.45, 7) is 1.92. The van der Waals surface area contributed by atoms with Crippen molar-refractivity contribution in [2.45, 2.75) is 12.2 Å². The molecule has 2 nitrogen and oxygen atoms in total. The highest BCUT2D eigenvalue weighted by atomic mass is 35.5. The predicted molar refractivity (Wildman–Crippen MR) is 64.7 cm³/mol. The quantitative estimate of drug-likeness (QED) is 0.895. The summed E-state index contributed by atoms with van der Waals surface area (Å²) in [6.07, 6.45) is -4.29. The molecule has 0 bridgehead atoms. The molecule has 1 saturated heterocycles. The van der Waals surface area contributed by atoms with E-state index in [2.05, 4.69) is 5.32 Å². The van der Waals surface area contributed by atoms with Gasteiger partial charge in [-0.3, -0.25) is 4.90 Å². The van der Waals surface area contributed by atoms with Crippen LogP contribution in [0.1, 0.15) is 11.6 Å². The monoisotopic (exact) mass is 278 g/mol. The first-order chi connectivity index (χ1) is 8.48. The number of halogens is 4. The number of hydrogen-bond acceptors (Lipinski definition) is 2. The van der Waals surface area contributed by atoms with Crippen LogP contribution < -0.4 is 5.32 Å². The van der Waals surface area contributed by atoms with Gasteiger partial charge in [-0.1, -0.05) is 23.7 Å². The predicted octanol–water partition coefficient (Wildman–Crippen LogP) is 2.85. The van der Waals surface area contributed by atoms with Crippen LogP contribution in [0, 0.1) is 0 Å². The van der Waals surface area contributed by atoms with Crippen LogP contribution in [0.5, 0.6) is 0 Å². The Morgan fingerprint density at radius 3 is 2.44 bits per heavy atom. The third-order valence-corrected chi connectivity index (χ3v) is 3.23. The van der Waals surface area contributed by atoms with E-state index in [4.69, 9.17) is 11.6 Å². The summed E-state index contributed by atoms with van der Waals surface area (Å²) in [6, 6.07) is 4.43. The number of alkyl halides is 3. The Labute approximate surface area is 109 Å². The number of nitrogens with zero attached hydrogens (tertiary/aromatic N) is 1. The number of rotatable bonds is 2. The first-order valence-corrected chi connectivity index (χ1v) is 6.13. The van der Waals surface area contributed by atoms with Crippen molar-refractivity contribution < 1.29 is 13.2 Å². The SMILES string of the molecule is FC(F)(F)[C@H](c1cccc(Cl)c1)N1CCNCC1. The van der Waals surface area contributed by atoms with Crippen molar-refractivity contribution >= 4 is 11.6 Å². The normalized spacial score (nSPS) is 19.8. The fraction of sp³-hybridized carbons (Fsp3) is 0.500. The molecule has 18 heavy (non-hydrogen) atoms. The Hall–Kier alpha value is -0.780. The first kappa shape index (κ1) is 13.6. The standard InChI is InChI=1S/C12H14ClF3N2/c13-10-3-1-2-9(8-10)11(12(14,15)16)18-6-4-17-5-7-18/h1-3,8,11,17H,4-7H2/t11-/m0/s1. The van der Waals surface area contributed by atoms with Crippen molar-refractivity contribution in [1.82, 2.24) is 10.2 Å². The van der Waals surface area contributed by atoms with E-state index >= 15 is 0 Å². The second-order valence-corrected chi connectivity index (χ2v) is 4.72. The Morgan fingerprint density at radius 1 is 1.22 bits per heavy atom. The van der Waals surface area contributed by atoms with E-state index in [-0.39, 0.29) is 5.56 Å². The average molecular weight is 279 g/mol. The van der Waals surface area contributed by atoms with E-state index in [1.807, 2.05) is 0 Å². The maximum atomic E-state index is 13.2. The maximum Gasteiger partial charge on any atom is 0.408 e. The van der Waals surface area contributed by atoms with Gasteiger partial charge < -0.3 is 5.32 Å². The largest absolute Gasteiger partial charge is 0.408 e. The molecule has 0 aliphatic carbocycles. The summed E-state index contributed by atoms with van der Waals surface area (Å²) in [5.41, 5.74) is 0.205. The molecule has 1 aliphatic heterocycles. The Morgan fingerprint density at radius 2 is 1.89 bits per heavy atom. The molecule has 1 fully saturated rings. The zero-order valence-electron chi connectivity index (χ0n) is 9.67. The lowest BCUT2D eigenvalue weighted by molar-refractivity contribution is -0.187. The molecule has 0 radical (unpaired) electrons. The van der Waals surface area contributed by atoms with E-state index in [9.17, 15) is 13.2 Å². The van der Waals surface area contributed by atoms with Crippen LogP contribution in [-0.4, -0.2) is 37.3 Å². The highest BCUT2D eigenvalue weighted by molar-refractivity contribution is 6.30. The van der Waals surface area contributed by atoms with Crippen molar-refractivity contribution in [2.75, 3.05) is 26.2 Å². The molecule has 100 valence electrons. The summed E-state index contributed by atoms with van der Waals surface area (Å²) in [5.74, 6) is 0. The zero-order valence-corrected chi connectivity index (χ0v) is 10.4. The van der Waals surface area contributed by atoms with Gasteiger partial charge in [0.05, 0.1) is 0 Å². The molecule has 0 amide bonds. The number of benzene rings is 1. The number of nitrogens with one attached hydrogen (secondary N) is 1. The van der Waals surface area contributed by atoms with E-state index in [0.717, 1.165) is 0 Å². The van der Waals surface area contributed by atoms with Crippen LogP contribution in [0.4, 0.5) is 13.2 Å². The molecule has 6 heteroatoms. The van der Waals surface area contributed by atoms with Crippen LogP contribution in [-0.2, 0) is 0 Å².